The van der Waals surface area contributed by atoms with Crippen LogP contribution in [0.2, 0.25) is 0 Å². The Morgan fingerprint density at radius 1 is 1.38 bits per heavy atom. The third-order valence-electron chi connectivity index (χ3n) is 3.56. The highest BCUT2D eigenvalue weighted by Crippen LogP contribution is 2.36. The zero-order valence-electron chi connectivity index (χ0n) is 11.5. The lowest BCUT2D eigenvalue weighted by Gasteiger charge is -2.31. The van der Waals surface area contributed by atoms with Gasteiger partial charge < -0.3 is 4.74 Å². The first-order chi connectivity index (χ1) is 9.71. The molecule has 0 aromatic heterocycles. The zero-order valence-corrected chi connectivity index (χ0v) is 12.4. The molecular formula is C13H15F2NO4S. The summed E-state index contributed by atoms with van der Waals surface area (Å²) in [4.78, 5) is 11.7. The van der Waals surface area contributed by atoms with E-state index in [4.69, 9.17) is 0 Å². The van der Waals surface area contributed by atoms with Gasteiger partial charge in [0.2, 0.25) is 10.0 Å². The monoisotopic (exact) mass is 319 g/mol. The highest BCUT2D eigenvalue weighted by atomic mass is 32.2. The third kappa shape index (κ3) is 2.65. The first-order valence-electron chi connectivity index (χ1n) is 6.22. The van der Waals surface area contributed by atoms with Crippen LogP contribution >= 0.6 is 0 Å². The van der Waals surface area contributed by atoms with Crippen LogP contribution in [-0.2, 0) is 19.6 Å². The number of alkyl halides is 1. The average Bonchev–Trinajstić information content (AvgIpc) is 2.75. The number of carbonyl (C=O) groups excluding carboxylic acids is 1. The minimum Gasteiger partial charge on any atom is -0.468 e. The van der Waals surface area contributed by atoms with E-state index < -0.39 is 40.1 Å². The quantitative estimate of drug-likeness (QED) is 0.792. The molecule has 0 radical (unpaired) electrons. The van der Waals surface area contributed by atoms with Crippen molar-refractivity contribution in [2.45, 2.75) is 30.0 Å². The molecule has 0 saturated carbocycles. The van der Waals surface area contributed by atoms with Crippen LogP contribution in [0.4, 0.5) is 8.78 Å². The summed E-state index contributed by atoms with van der Waals surface area (Å²) in [5.74, 6) is -1.41. The van der Waals surface area contributed by atoms with E-state index in [9.17, 15) is 22.0 Å². The maximum Gasteiger partial charge on any atom is 0.327 e. The van der Waals surface area contributed by atoms with Crippen molar-refractivity contribution in [1.29, 1.82) is 0 Å². The lowest BCUT2D eigenvalue weighted by Crippen LogP contribution is -2.51. The van der Waals surface area contributed by atoms with Crippen molar-refractivity contribution in [2.75, 3.05) is 13.7 Å². The number of benzene rings is 1. The second-order valence-corrected chi connectivity index (χ2v) is 6.92. The molecule has 0 amide bonds. The summed E-state index contributed by atoms with van der Waals surface area (Å²) in [5.41, 5.74) is -1.61. The fourth-order valence-corrected chi connectivity index (χ4v) is 4.25. The summed E-state index contributed by atoms with van der Waals surface area (Å²) in [6.45, 7) is 0.880. The number of carbonyl (C=O) groups is 1. The van der Waals surface area contributed by atoms with Crippen molar-refractivity contribution in [3.8, 4) is 0 Å². The minimum absolute atomic E-state index is 0.201. The first kappa shape index (κ1) is 15.8. The van der Waals surface area contributed by atoms with Crippen molar-refractivity contribution >= 4 is 16.0 Å². The molecule has 1 aliphatic rings. The molecule has 2 rings (SSSR count). The van der Waals surface area contributed by atoms with Gasteiger partial charge in [-0.3, -0.25) is 4.79 Å². The Morgan fingerprint density at radius 3 is 2.48 bits per heavy atom. The van der Waals surface area contributed by atoms with Gasteiger partial charge in [0.15, 0.2) is 0 Å². The van der Waals surface area contributed by atoms with Gasteiger partial charge in [-0.05, 0) is 31.2 Å². The van der Waals surface area contributed by atoms with Gasteiger partial charge in [-0.1, -0.05) is 0 Å². The molecule has 1 aromatic carbocycles. The number of nitrogens with zero attached hydrogens (tertiary/aromatic N) is 1. The van der Waals surface area contributed by atoms with Crippen molar-refractivity contribution < 1.29 is 26.7 Å². The summed E-state index contributed by atoms with van der Waals surface area (Å²) < 4.78 is 57.1. The Morgan fingerprint density at radius 2 is 1.95 bits per heavy atom. The van der Waals surface area contributed by atoms with Crippen molar-refractivity contribution in [1.82, 2.24) is 4.31 Å². The van der Waals surface area contributed by atoms with Crippen LogP contribution < -0.4 is 0 Å². The standard InChI is InChI=1S/C13H15F2NO4S/c1-13(12(17)20-2)7-10(15)8-16(13)21(18,19)11-5-3-9(14)4-6-11/h3-6,10H,7-8H2,1-2H3/t10-,13?/m1/s1. The normalized spacial score (nSPS) is 26.8. The van der Waals surface area contributed by atoms with Gasteiger partial charge in [0, 0.05) is 13.0 Å². The van der Waals surface area contributed by atoms with Crippen LogP contribution in [0.1, 0.15) is 13.3 Å². The number of sulfonamides is 1. The molecule has 0 bridgehead atoms. The smallest absolute Gasteiger partial charge is 0.327 e. The Balaban J connectivity index is 2.47. The average molecular weight is 319 g/mol. The van der Waals surface area contributed by atoms with Gasteiger partial charge in [-0.15, -0.1) is 0 Å². The topological polar surface area (TPSA) is 63.7 Å². The first-order valence-corrected chi connectivity index (χ1v) is 7.67. The predicted octanol–water partition coefficient (Wildman–Crippen LogP) is 1.49. The van der Waals surface area contributed by atoms with E-state index in [0.717, 1.165) is 35.7 Å². The fraction of sp³-hybridized carbons (Fsp3) is 0.462. The van der Waals surface area contributed by atoms with Gasteiger partial charge >= 0.3 is 5.97 Å². The molecule has 5 nitrogen and oxygen atoms in total. The Kier molecular flexibility index (Phi) is 4.03. The van der Waals surface area contributed by atoms with E-state index in [1.54, 1.807) is 0 Å². The third-order valence-corrected chi connectivity index (χ3v) is 5.56. The molecule has 0 spiro atoms. The number of ether oxygens (including phenoxy) is 1. The Hall–Kier alpha value is -1.54. The van der Waals surface area contributed by atoms with Crippen LogP contribution in [0.5, 0.6) is 0 Å². The summed E-state index contributed by atoms with van der Waals surface area (Å²) in [6.07, 6.45) is -1.75. The molecule has 1 heterocycles. The molecule has 1 aliphatic heterocycles. The summed E-state index contributed by atoms with van der Waals surface area (Å²) >= 11 is 0. The summed E-state index contributed by atoms with van der Waals surface area (Å²) in [7, 11) is -3.01. The van der Waals surface area contributed by atoms with E-state index in [0.29, 0.717) is 0 Å². The zero-order chi connectivity index (χ0) is 15.8. The van der Waals surface area contributed by atoms with E-state index >= 15 is 0 Å². The number of hydrogen-bond acceptors (Lipinski definition) is 4. The number of rotatable bonds is 3. The van der Waals surface area contributed by atoms with Gasteiger partial charge in [0.1, 0.15) is 17.5 Å². The van der Waals surface area contributed by atoms with Gasteiger partial charge in [-0.25, -0.2) is 17.2 Å². The minimum atomic E-state index is -4.13. The second-order valence-electron chi connectivity index (χ2n) is 5.06. The SMILES string of the molecule is COC(=O)C1(C)C[C@@H](F)CN1S(=O)(=O)c1ccc(F)cc1. The van der Waals surface area contributed by atoms with Crippen LogP contribution in [0.25, 0.3) is 0 Å². The van der Waals surface area contributed by atoms with Crippen molar-refractivity contribution in [2.24, 2.45) is 0 Å². The molecule has 2 atom stereocenters. The molecular weight excluding hydrogens is 304 g/mol. The molecule has 8 heteroatoms. The van der Waals surface area contributed by atoms with Crippen LogP contribution in [-0.4, -0.2) is 44.1 Å². The number of methoxy groups -OCH3 is 1. The number of esters is 1. The fourth-order valence-electron chi connectivity index (χ4n) is 2.48. The molecule has 0 N–H and O–H groups in total. The van der Waals surface area contributed by atoms with Crippen LogP contribution in [0.15, 0.2) is 29.2 Å². The predicted molar refractivity (Wildman–Crippen MR) is 70.2 cm³/mol. The van der Waals surface area contributed by atoms with E-state index in [2.05, 4.69) is 4.74 Å². The van der Waals surface area contributed by atoms with Gasteiger partial charge in [0.25, 0.3) is 0 Å². The van der Waals surface area contributed by atoms with Crippen molar-refractivity contribution in [3.63, 3.8) is 0 Å². The Labute approximate surface area is 121 Å². The summed E-state index contributed by atoms with van der Waals surface area (Å²) in [5, 5.41) is 0. The Bertz CT molecular complexity index is 647. The molecule has 1 unspecified atom stereocenters. The van der Waals surface area contributed by atoms with Gasteiger partial charge in [-0.2, -0.15) is 4.31 Å². The molecule has 1 saturated heterocycles. The van der Waals surface area contributed by atoms with Crippen LogP contribution in [0.3, 0.4) is 0 Å². The maximum atomic E-state index is 13.7. The highest BCUT2D eigenvalue weighted by Gasteiger charge is 2.54. The van der Waals surface area contributed by atoms with Crippen molar-refractivity contribution in [3.05, 3.63) is 30.1 Å². The highest BCUT2D eigenvalue weighted by molar-refractivity contribution is 7.89. The molecule has 1 fully saturated rings. The van der Waals surface area contributed by atoms with Gasteiger partial charge in [0.05, 0.1) is 12.0 Å². The molecule has 1 aromatic rings. The lowest BCUT2D eigenvalue weighted by atomic mass is 10.0. The lowest BCUT2D eigenvalue weighted by molar-refractivity contribution is -0.150. The second kappa shape index (κ2) is 5.34. The summed E-state index contributed by atoms with van der Waals surface area (Å²) in [6, 6.07) is 4.14. The largest absolute Gasteiger partial charge is 0.468 e. The molecule has 0 aliphatic carbocycles. The molecule has 21 heavy (non-hydrogen) atoms. The number of hydrogen-bond donors (Lipinski definition) is 0. The van der Waals surface area contributed by atoms with E-state index in [-0.39, 0.29) is 11.3 Å². The maximum absolute atomic E-state index is 13.7. The van der Waals surface area contributed by atoms with E-state index in [1.165, 1.54) is 6.92 Å². The number of halogens is 2. The van der Waals surface area contributed by atoms with E-state index in [1.807, 2.05) is 0 Å². The molecule has 116 valence electrons. The van der Waals surface area contributed by atoms with Crippen LogP contribution in [0, 0.1) is 5.82 Å².